The fourth-order valence-corrected chi connectivity index (χ4v) is 13.8. The number of aliphatic hydroxyl groups is 2. The van der Waals surface area contributed by atoms with E-state index in [9.17, 15) is 29.7 Å². The van der Waals surface area contributed by atoms with Crippen molar-refractivity contribution < 1.29 is 29.7 Å². The van der Waals surface area contributed by atoms with Crippen LogP contribution in [0.15, 0.2) is 34.2 Å². The third-order valence-corrected chi connectivity index (χ3v) is 15.9. The number of nitrogens with zero attached hydrogens (tertiary/aromatic N) is 1. The summed E-state index contributed by atoms with van der Waals surface area (Å²) >= 11 is 1.51. The van der Waals surface area contributed by atoms with Gasteiger partial charge in [-0.2, -0.15) is 0 Å². The lowest BCUT2D eigenvalue weighted by Gasteiger charge is -2.65. The van der Waals surface area contributed by atoms with Gasteiger partial charge < -0.3 is 20.6 Å². The van der Waals surface area contributed by atoms with Gasteiger partial charge >= 0.3 is 0 Å². The molecule has 50 heavy (non-hydrogen) atoms. The molecule has 9 heteroatoms. The molecule has 0 saturated heterocycles. The molecule has 1 aromatic carbocycles. The van der Waals surface area contributed by atoms with E-state index >= 15 is 0 Å². The molecule has 1 aromatic heterocycles. The molecule has 7 aliphatic carbocycles. The maximum absolute atomic E-state index is 14.9. The Hall–Kier alpha value is -3.30. The summed E-state index contributed by atoms with van der Waals surface area (Å²) in [5.41, 5.74) is -2.23. The highest BCUT2D eigenvalue weighted by molar-refractivity contribution is 7.13. The quantitative estimate of drug-likeness (QED) is 0.139. The third kappa shape index (κ3) is 4.02. The molecule has 0 unspecified atom stereocenters. The average molecular weight is 699 g/mol. The smallest absolute Gasteiger partial charge is 0.206 e. The SMILES string of the molecule is CC(=O)C1=C(C)[C@@H](C(C)C)[C@]2(C)[C@@H](C)[C@@]3(C)C(=C(O)c4c(ccc(Nc5nc(C6C7CC8CC(C7)CC6C8)cs5)c4O)[C@@H]3C)C(=O)[C@]2(O)C1=O. The van der Waals surface area contributed by atoms with Crippen molar-refractivity contribution in [2.75, 3.05) is 5.32 Å². The average Bonchev–Trinajstić information content (AvgIpc) is 3.49. The first-order chi connectivity index (χ1) is 23.5. The Balaban J connectivity index is 1.20. The van der Waals surface area contributed by atoms with Crippen molar-refractivity contribution in [3.63, 3.8) is 0 Å². The van der Waals surface area contributed by atoms with Crippen LogP contribution in [-0.4, -0.2) is 43.3 Å². The molecule has 4 N–H and O–H groups in total. The molecular weight excluding hydrogens is 649 g/mol. The third-order valence-electron chi connectivity index (χ3n) is 15.1. The Morgan fingerprint density at radius 3 is 2.20 bits per heavy atom. The van der Waals surface area contributed by atoms with E-state index < -0.39 is 51.4 Å². The van der Waals surface area contributed by atoms with Gasteiger partial charge in [-0.3, -0.25) is 14.4 Å². The second-order valence-corrected chi connectivity index (χ2v) is 18.4. The van der Waals surface area contributed by atoms with Crippen LogP contribution in [0.5, 0.6) is 5.75 Å². The zero-order valence-electron chi connectivity index (χ0n) is 30.4. The van der Waals surface area contributed by atoms with Crippen LogP contribution >= 0.6 is 11.3 Å². The molecule has 5 fully saturated rings. The molecular formula is C41H50N2O6S. The predicted molar refractivity (Wildman–Crippen MR) is 193 cm³/mol. The van der Waals surface area contributed by atoms with Crippen molar-refractivity contribution in [1.82, 2.24) is 4.98 Å². The van der Waals surface area contributed by atoms with Gasteiger partial charge in [0.1, 0.15) is 11.5 Å². The molecule has 7 aliphatic rings. The number of carbonyl (C=O) groups is 3. The van der Waals surface area contributed by atoms with Gasteiger partial charge in [0.2, 0.25) is 11.6 Å². The minimum atomic E-state index is -2.58. The summed E-state index contributed by atoms with van der Waals surface area (Å²) in [5.74, 6) is -0.771. The summed E-state index contributed by atoms with van der Waals surface area (Å²) in [7, 11) is 0. The van der Waals surface area contributed by atoms with Crippen LogP contribution in [0, 0.1) is 52.3 Å². The van der Waals surface area contributed by atoms with E-state index in [-0.39, 0.29) is 34.3 Å². The zero-order valence-corrected chi connectivity index (χ0v) is 31.2. The fraction of sp³-hybridized carbons (Fsp3) is 0.610. The molecule has 8 nitrogen and oxygen atoms in total. The molecule has 6 atom stereocenters. The molecule has 0 spiro atoms. The maximum atomic E-state index is 14.9. The van der Waals surface area contributed by atoms with Gasteiger partial charge in [-0.1, -0.05) is 53.2 Å². The van der Waals surface area contributed by atoms with Gasteiger partial charge in [-0.25, -0.2) is 4.98 Å². The van der Waals surface area contributed by atoms with Gasteiger partial charge in [0.15, 0.2) is 16.5 Å². The number of phenols is 1. The summed E-state index contributed by atoms with van der Waals surface area (Å²) in [6, 6.07) is 3.69. The molecule has 0 aliphatic heterocycles. The second kappa shape index (κ2) is 10.9. The number of Topliss-reactive ketones (excluding diaryl/α,β-unsaturated/α-hetero) is 3. The number of nitrogens with one attached hydrogen (secondary N) is 1. The number of allylic oxidation sites excluding steroid dienone is 1. The number of carbonyl (C=O) groups excluding carboxylic acids is 3. The van der Waals surface area contributed by atoms with E-state index in [2.05, 4.69) is 10.7 Å². The number of aromatic hydroxyl groups is 1. The number of phenolic OH excluding ortho intramolecular Hbond substituents is 1. The summed E-state index contributed by atoms with van der Waals surface area (Å²) in [5, 5.41) is 42.7. The van der Waals surface area contributed by atoms with E-state index in [1.807, 2.05) is 40.7 Å². The zero-order chi connectivity index (χ0) is 36.0. The first kappa shape index (κ1) is 33.8. The number of hydrogen-bond acceptors (Lipinski definition) is 9. The molecule has 9 rings (SSSR count). The number of rotatable bonds is 5. The van der Waals surface area contributed by atoms with E-state index in [0.717, 1.165) is 17.5 Å². The van der Waals surface area contributed by atoms with Crippen LogP contribution in [-0.2, 0) is 14.4 Å². The van der Waals surface area contributed by atoms with Gasteiger partial charge in [0, 0.05) is 27.7 Å². The predicted octanol–water partition coefficient (Wildman–Crippen LogP) is 8.24. The number of aliphatic hydroxyl groups excluding tert-OH is 1. The van der Waals surface area contributed by atoms with Crippen LogP contribution in [0.1, 0.15) is 116 Å². The number of benzene rings is 1. The number of anilines is 2. The topological polar surface area (TPSA) is 137 Å². The van der Waals surface area contributed by atoms with E-state index in [4.69, 9.17) is 4.98 Å². The number of fused-ring (bicyclic) bond motifs is 3. The highest BCUT2D eigenvalue weighted by Crippen LogP contribution is 2.70. The Morgan fingerprint density at radius 1 is 1.00 bits per heavy atom. The summed E-state index contributed by atoms with van der Waals surface area (Å²) in [4.78, 5) is 47.1. The van der Waals surface area contributed by atoms with E-state index in [1.54, 1.807) is 19.9 Å². The van der Waals surface area contributed by atoms with Crippen molar-refractivity contribution in [2.45, 2.75) is 105 Å². The lowest BCUT2D eigenvalue weighted by Crippen LogP contribution is -2.74. The molecule has 4 bridgehead atoms. The minimum absolute atomic E-state index is 0.0749. The van der Waals surface area contributed by atoms with Crippen LogP contribution in [0.25, 0.3) is 5.76 Å². The lowest BCUT2D eigenvalue weighted by molar-refractivity contribution is -0.194. The first-order valence-corrected chi connectivity index (χ1v) is 19.4. The van der Waals surface area contributed by atoms with Gasteiger partial charge in [-0.15, -0.1) is 11.3 Å². The van der Waals surface area contributed by atoms with E-state index in [0.29, 0.717) is 39.7 Å². The molecule has 1 heterocycles. The second-order valence-electron chi connectivity index (χ2n) is 17.5. The monoisotopic (exact) mass is 698 g/mol. The lowest BCUT2D eigenvalue weighted by atomic mass is 9.37. The van der Waals surface area contributed by atoms with Crippen molar-refractivity contribution in [1.29, 1.82) is 0 Å². The summed E-state index contributed by atoms with van der Waals surface area (Å²) in [6.07, 6.45) is 6.60. The van der Waals surface area contributed by atoms with Gasteiger partial charge in [0.05, 0.1) is 22.5 Å². The maximum Gasteiger partial charge on any atom is 0.206 e. The fourth-order valence-electron chi connectivity index (χ4n) is 13.0. The standard InChI is InChI=1S/C41H50N2O6S/c1-17(2)32-18(3)29(20(5)44)36(47)41(49)37(48)33-35(46)31-26(19(4)39(33,7)21(6)40(32,41)8)9-10-27(34(31)45)42-38-43-28(16-50-38)30-24-12-22-11-23(14-24)15-25(30)13-22/h9-10,16-17,19,21-25,30,32,45-46,49H,11-15H2,1-8H3,(H,42,43)/t19-,21-,22?,23?,24?,25?,30?,32+,39-,40-,41+/m0/s1. The number of thiazole rings is 1. The molecule has 266 valence electrons. The largest absolute Gasteiger partial charge is 0.507 e. The number of ketones is 3. The van der Waals surface area contributed by atoms with Crippen LogP contribution in [0.4, 0.5) is 10.8 Å². The summed E-state index contributed by atoms with van der Waals surface area (Å²) in [6.45, 7) is 14.7. The number of aromatic nitrogens is 1. The molecule has 0 amide bonds. The van der Waals surface area contributed by atoms with Crippen molar-refractivity contribution in [3.05, 3.63) is 51.1 Å². The highest BCUT2D eigenvalue weighted by Gasteiger charge is 2.75. The minimum Gasteiger partial charge on any atom is -0.507 e. The van der Waals surface area contributed by atoms with E-state index in [1.165, 1.54) is 50.4 Å². The number of hydrogen-bond donors (Lipinski definition) is 4. The highest BCUT2D eigenvalue weighted by atomic mass is 32.1. The molecule has 2 aromatic rings. The van der Waals surface area contributed by atoms with Gasteiger partial charge in [0.25, 0.3) is 0 Å². The molecule has 0 radical (unpaired) electrons. The van der Waals surface area contributed by atoms with Crippen LogP contribution < -0.4 is 5.32 Å². The Labute approximate surface area is 298 Å². The van der Waals surface area contributed by atoms with Gasteiger partial charge in [-0.05, 0) is 105 Å². The van der Waals surface area contributed by atoms with Crippen molar-refractivity contribution in [2.24, 2.45) is 52.3 Å². The normalized spacial score (nSPS) is 40.3. The molecule has 5 saturated carbocycles. The Morgan fingerprint density at radius 2 is 1.62 bits per heavy atom. The van der Waals surface area contributed by atoms with Crippen molar-refractivity contribution in [3.8, 4) is 5.75 Å². The van der Waals surface area contributed by atoms with Crippen LogP contribution in [0.2, 0.25) is 0 Å². The summed E-state index contributed by atoms with van der Waals surface area (Å²) < 4.78 is 0. The first-order valence-electron chi connectivity index (χ1n) is 18.5. The Kier molecular flexibility index (Phi) is 7.35. The van der Waals surface area contributed by atoms with Crippen LogP contribution in [0.3, 0.4) is 0 Å². The Bertz CT molecular complexity index is 1910. The van der Waals surface area contributed by atoms with Crippen molar-refractivity contribution >= 4 is 45.3 Å².